The fraction of sp³-hybridized carbons (Fsp3) is 0.667. The minimum Gasteiger partial charge on any atom is -0.491 e. The first kappa shape index (κ1) is 17.2. The average molecular weight is 383 g/mol. The molecule has 1 spiro atoms. The molecule has 2 aliphatic rings. The third-order valence-corrected chi connectivity index (χ3v) is 5.45. The minimum absolute atomic E-state index is 0.516. The van der Waals surface area contributed by atoms with E-state index < -0.39 is 0 Å². The Labute approximate surface area is 147 Å². The van der Waals surface area contributed by atoms with Gasteiger partial charge in [-0.1, -0.05) is 15.9 Å². The van der Waals surface area contributed by atoms with Crippen LogP contribution >= 0.6 is 15.9 Å². The van der Waals surface area contributed by atoms with E-state index in [2.05, 4.69) is 38.3 Å². The minimum atomic E-state index is 0.516. The second kappa shape index (κ2) is 7.97. The normalized spacial score (nSPS) is 24.6. The Kier molecular flexibility index (Phi) is 5.96. The van der Waals surface area contributed by atoms with Crippen LogP contribution < -0.4 is 10.1 Å². The number of rotatable bonds is 7. The predicted molar refractivity (Wildman–Crippen MR) is 95.9 cm³/mol. The van der Waals surface area contributed by atoms with Crippen molar-refractivity contribution >= 4 is 15.9 Å². The molecule has 23 heavy (non-hydrogen) atoms. The van der Waals surface area contributed by atoms with E-state index in [1.54, 1.807) is 0 Å². The number of hydrogen-bond acceptors (Lipinski definition) is 4. The molecule has 1 atom stereocenters. The number of nitrogens with one attached hydrogen (secondary N) is 1. The number of likely N-dealkylation sites (tertiary alicyclic amines) is 1. The van der Waals surface area contributed by atoms with Gasteiger partial charge in [-0.15, -0.1) is 0 Å². The van der Waals surface area contributed by atoms with Crippen molar-refractivity contribution in [2.24, 2.45) is 5.41 Å². The van der Waals surface area contributed by atoms with Crippen molar-refractivity contribution in [2.75, 3.05) is 46.0 Å². The highest BCUT2D eigenvalue weighted by atomic mass is 79.9. The van der Waals surface area contributed by atoms with Crippen molar-refractivity contribution < 1.29 is 9.47 Å². The highest BCUT2D eigenvalue weighted by molar-refractivity contribution is 9.10. The molecule has 128 valence electrons. The molecule has 2 saturated heterocycles. The summed E-state index contributed by atoms with van der Waals surface area (Å²) < 4.78 is 12.4. The van der Waals surface area contributed by atoms with Gasteiger partial charge in [0.25, 0.3) is 0 Å². The summed E-state index contributed by atoms with van der Waals surface area (Å²) in [5, 5.41) is 3.53. The standard InChI is InChI=1S/C18H27BrN2O2/c1-2-22-9-10-23-17-4-3-16(19)11-15(17)12-21-8-6-18(14-21)5-7-20-13-18/h3-4,11,20H,2,5-10,12-14H2,1H3. The van der Waals surface area contributed by atoms with Gasteiger partial charge in [-0.2, -0.15) is 0 Å². The molecule has 0 saturated carbocycles. The lowest BCUT2D eigenvalue weighted by Gasteiger charge is -2.23. The van der Waals surface area contributed by atoms with Gasteiger partial charge >= 0.3 is 0 Å². The second-order valence-corrected chi connectivity index (χ2v) is 7.60. The van der Waals surface area contributed by atoms with Crippen LogP contribution in [0.5, 0.6) is 5.75 Å². The summed E-state index contributed by atoms with van der Waals surface area (Å²) in [6.45, 7) is 9.70. The van der Waals surface area contributed by atoms with E-state index in [-0.39, 0.29) is 0 Å². The number of ether oxygens (including phenoxy) is 2. The third kappa shape index (κ3) is 4.47. The molecule has 0 aliphatic carbocycles. The van der Waals surface area contributed by atoms with E-state index in [0.29, 0.717) is 18.6 Å². The summed E-state index contributed by atoms with van der Waals surface area (Å²) in [6.07, 6.45) is 2.63. The lowest BCUT2D eigenvalue weighted by atomic mass is 9.86. The summed E-state index contributed by atoms with van der Waals surface area (Å²) in [5.41, 5.74) is 1.78. The first-order chi connectivity index (χ1) is 11.2. The Balaban J connectivity index is 1.61. The van der Waals surface area contributed by atoms with Gasteiger partial charge in [-0.3, -0.25) is 4.90 Å². The Morgan fingerprint density at radius 1 is 1.30 bits per heavy atom. The molecule has 0 bridgehead atoms. The summed E-state index contributed by atoms with van der Waals surface area (Å²) in [6, 6.07) is 6.30. The van der Waals surface area contributed by atoms with Crippen molar-refractivity contribution in [1.29, 1.82) is 0 Å². The van der Waals surface area contributed by atoms with E-state index in [9.17, 15) is 0 Å². The molecular weight excluding hydrogens is 356 g/mol. The van der Waals surface area contributed by atoms with Gasteiger partial charge in [-0.05, 0) is 56.5 Å². The average Bonchev–Trinajstić information content (AvgIpc) is 3.16. The van der Waals surface area contributed by atoms with Gasteiger partial charge in [0.2, 0.25) is 0 Å². The topological polar surface area (TPSA) is 33.7 Å². The van der Waals surface area contributed by atoms with Crippen LogP contribution in [0.2, 0.25) is 0 Å². The zero-order valence-corrected chi connectivity index (χ0v) is 15.5. The summed E-state index contributed by atoms with van der Waals surface area (Å²) in [7, 11) is 0. The Bertz CT molecular complexity index is 518. The van der Waals surface area contributed by atoms with Crippen molar-refractivity contribution in [1.82, 2.24) is 10.2 Å². The predicted octanol–water partition coefficient (Wildman–Crippen LogP) is 3.05. The summed E-state index contributed by atoms with van der Waals surface area (Å²) in [4.78, 5) is 2.57. The maximum atomic E-state index is 5.94. The van der Waals surface area contributed by atoms with Crippen molar-refractivity contribution in [3.8, 4) is 5.75 Å². The second-order valence-electron chi connectivity index (χ2n) is 6.68. The third-order valence-electron chi connectivity index (χ3n) is 4.96. The van der Waals surface area contributed by atoms with Gasteiger partial charge in [-0.25, -0.2) is 0 Å². The van der Waals surface area contributed by atoms with Crippen LogP contribution in [0.4, 0.5) is 0 Å². The van der Waals surface area contributed by atoms with Gasteiger partial charge in [0, 0.05) is 36.3 Å². The fourth-order valence-corrected chi connectivity index (χ4v) is 4.12. The molecule has 1 N–H and O–H groups in total. The van der Waals surface area contributed by atoms with Gasteiger partial charge in [0.1, 0.15) is 12.4 Å². The highest BCUT2D eigenvalue weighted by Gasteiger charge is 2.40. The van der Waals surface area contributed by atoms with Gasteiger partial charge in [0.15, 0.2) is 0 Å². The van der Waals surface area contributed by atoms with Crippen LogP contribution in [0.25, 0.3) is 0 Å². The number of hydrogen-bond donors (Lipinski definition) is 1. The van der Waals surface area contributed by atoms with Crippen LogP contribution in [0.3, 0.4) is 0 Å². The zero-order chi connectivity index (χ0) is 16.1. The molecule has 2 heterocycles. The van der Waals surface area contributed by atoms with Gasteiger partial charge < -0.3 is 14.8 Å². The molecular formula is C18H27BrN2O2. The number of nitrogens with zero attached hydrogens (tertiary/aromatic N) is 1. The van der Waals surface area contributed by atoms with E-state index in [4.69, 9.17) is 9.47 Å². The van der Waals surface area contributed by atoms with E-state index >= 15 is 0 Å². The smallest absolute Gasteiger partial charge is 0.123 e. The van der Waals surface area contributed by atoms with Crippen LogP contribution in [0.1, 0.15) is 25.3 Å². The largest absolute Gasteiger partial charge is 0.491 e. The lowest BCUT2D eigenvalue weighted by Crippen LogP contribution is -2.29. The SMILES string of the molecule is CCOCCOc1ccc(Br)cc1CN1CCC2(CCNC2)C1. The van der Waals surface area contributed by atoms with Crippen molar-refractivity contribution in [3.63, 3.8) is 0 Å². The molecule has 2 fully saturated rings. The maximum absolute atomic E-state index is 5.94. The molecule has 0 radical (unpaired) electrons. The molecule has 4 nitrogen and oxygen atoms in total. The van der Waals surface area contributed by atoms with Crippen LogP contribution in [-0.2, 0) is 11.3 Å². The van der Waals surface area contributed by atoms with Crippen molar-refractivity contribution in [3.05, 3.63) is 28.2 Å². The van der Waals surface area contributed by atoms with E-state index in [1.807, 2.05) is 13.0 Å². The van der Waals surface area contributed by atoms with Crippen LogP contribution in [-0.4, -0.2) is 50.9 Å². The summed E-state index contributed by atoms with van der Waals surface area (Å²) in [5.74, 6) is 0.985. The quantitative estimate of drug-likeness (QED) is 0.734. The van der Waals surface area contributed by atoms with Crippen LogP contribution in [0, 0.1) is 5.41 Å². The number of benzene rings is 1. The molecule has 0 amide bonds. The fourth-order valence-electron chi connectivity index (χ4n) is 3.71. The molecule has 3 rings (SSSR count). The Hall–Kier alpha value is -0.620. The first-order valence-corrected chi connectivity index (χ1v) is 9.42. The lowest BCUT2D eigenvalue weighted by molar-refractivity contribution is 0.109. The van der Waals surface area contributed by atoms with Gasteiger partial charge in [0.05, 0.1) is 6.61 Å². The highest BCUT2D eigenvalue weighted by Crippen LogP contribution is 2.37. The molecule has 5 heteroatoms. The molecule has 1 unspecified atom stereocenters. The van der Waals surface area contributed by atoms with E-state index in [0.717, 1.165) is 23.4 Å². The molecule has 0 aromatic heterocycles. The monoisotopic (exact) mass is 382 g/mol. The Morgan fingerprint density at radius 3 is 3.00 bits per heavy atom. The first-order valence-electron chi connectivity index (χ1n) is 8.63. The Morgan fingerprint density at radius 2 is 2.22 bits per heavy atom. The molecule has 1 aromatic carbocycles. The molecule has 1 aromatic rings. The molecule has 2 aliphatic heterocycles. The maximum Gasteiger partial charge on any atom is 0.123 e. The zero-order valence-electron chi connectivity index (χ0n) is 13.9. The number of halogens is 1. The van der Waals surface area contributed by atoms with E-state index in [1.165, 1.54) is 44.6 Å². The summed E-state index contributed by atoms with van der Waals surface area (Å²) >= 11 is 3.59. The van der Waals surface area contributed by atoms with Crippen LogP contribution in [0.15, 0.2) is 22.7 Å². The van der Waals surface area contributed by atoms with Crippen molar-refractivity contribution in [2.45, 2.75) is 26.3 Å².